The van der Waals surface area contributed by atoms with Gasteiger partial charge in [0, 0.05) is 42.0 Å². The summed E-state index contributed by atoms with van der Waals surface area (Å²) in [5, 5.41) is 5.80. The van der Waals surface area contributed by atoms with Crippen molar-refractivity contribution < 1.29 is 13.7 Å². The third-order valence-electron chi connectivity index (χ3n) is 1.92. The SMILES string of the molecule is COCC(C)NC(=O)CNC(C)CS(C)=O. The van der Waals surface area contributed by atoms with Gasteiger partial charge in [0.25, 0.3) is 0 Å². The molecule has 0 aliphatic heterocycles. The summed E-state index contributed by atoms with van der Waals surface area (Å²) >= 11 is 0. The fourth-order valence-electron chi connectivity index (χ4n) is 1.30. The van der Waals surface area contributed by atoms with Gasteiger partial charge in [-0.2, -0.15) is 0 Å². The van der Waals surface area contributed by atoms with Crippen molar-refractivity contribution in [1.29, 1.82) is 0 Å². The Balaban J connectivity index is 3.68. The predicted molar refractivity (Wildman–Crippen MR) is 65.9 cm³/mol. The Labute approximate surface area is 99.8 Å². The minimum absolute atomic E-state index is 0.00918. The lowest BCUT2D eigenvalue weighted by atomic mass is 10.3. The molecule has 3 unspecified atom stereocenters. The van der Waals surface area contributed by atoms with Gasteiger partial charge < -0.3 is 15.4 Å². The molecule has 0 saturated carbocycles. The second kappa shape index (κ2) is 8.66. The van der Waals surface area contributed by atoms with Gasteiger partial charge in [-0.25, -0.2) is 0 Å². The molecule has 2 N–H and O–H groups in total. The summed E-state index contributed by atoms with van der Waals surface area (Å²) in [5.41, 5.74) is 0. The Morgan fingerprint density at radius 2 is 2.00 bits per heavy atom. The van der Waals surface area contributed by atoms with Gasteiger partial charge >= 0.3 is 0 Å². The van der Waals surface area contributed by atoms with Gasteiger partial charge in [-0.05, 0) is 13.8 Å². The van der Waals surface area contributed by atoms with Gasteiger partial charge in [0.15, 0.2) is 0 Å². The molecule has 0 aliphatic rings. The molecule has 0 spiro atoms. The largest absolute Gasteiger partial charge is 0.383 e. The van der Waals surface area contributed by atoms with Crippen molar-refractivity contribution in [2.24, 2.45) is 0 Å². The van der Waals surface area contributed by atoms with Crippen LogP contribution in [0, 0.1) is 0 Å². The van der Waals surface area contributed by atoms with Crippen LogP contribution in [-0.2, 0) is 20.3 Å². The second-order valence-corrected chi connectivity index (χ2v) is 5.43. The molecule has 0 aliphatic carbocycles. The molecule has 0 heterocycles. The molecule has 0 saturated heterocycles. The number of carbonyl (C=O) groups is 1. The van der Waals surface area contributed by atoms with Crippen LogP contribution in [0.1, 0.15) is 13.8 Å². The average Bonchev–Trinajstić information content (AvgIpc) is 2.14. The third kappa shape index (κ3) is 8.82. The first-order chi connectivity index (χ1) is 7.45. The molecule has 3 atom stereocenters. The fraction of sp³-hybridized carbons (Fsp3) is 0.900. The molecule has 6 heteroatoms. The highest BCUT2D eigenvalue weighted by molar-refractivity contribution is 7.84. The van der Waals surface area contributed by atoms with Crippen molar-refractivity contribution in [1.82, 2.24) is 10.6 Å². The Bertz CT molecular complexity index is 236. The van der Waals surface area contributed by atoms with Crippen molar-refractivity contribution in [3.05, 3.63) is 0 Å². The number of methoxy groups -OCH3 is 1. The maximum Gasteiger partial charge on any atom is 0.234 e. The first kappa shape index (κ1) is 15.5. The van der Waals surface area contributed by atoms with E-state index in [9.17, 15) is 9.00 Å². The van der Waals surface area contributed by atoms with E-state index in [1.807, 2.05) is 13.8 Å². The number of carbonyl (C=O) groups excluding carboxylic acids is 1. The maximum absolute atomic E-state index is 11.4. The first-order valence-electron chi connectivity index (χ1n) is 5.27. The fourth-order valence-corrected chi connectivity index (χ4v) is 2.12. The molecular formula is C10H22N2O3S. The third-order valence-corrected chi connectivity index (χ3v) is 2.89. The summed E-state index contributed by atoms with van der Waals surface area (Å²) < 4.78 is 15.8. The van der Waals surface area contributed by atoms with E-state index in [2.05, 4.69) is 10.6 Å². The van der Waals surface area contributed by atoms with Gasteiger partial charge in [-0.3, -0.25) is 9.00 Å². The first-order valence-corrected chi connectivity index (χ1v) is 7.00. The van der Waals surface area contributed by atoms with Crippen molar-refractivity contribution in [2.45, 2.75) is 25.9 Å². The number of nitrogens with one attached hydrogen (secondary N) is 2. The summed E-state index contributed by atoms with van der Waals surface area (Å²) in [6, 6.07) is 0.0872. The Morgan fingerprint density at radius 3 is 2.50 bits per heavy atom. The zero-order chi connectivity index (χ0) is 12.6. The van der Waals surface area contributed by atoms with E-state index in [1.165, 1.54) is 0 Å². The average molecular weight is 250 g/mol. The summed E-state index contributed by atoms with van der Waals surface area (Å²) in [5.74, 6) is 0.485. The quantitative estimate of drug-likeness (QED) is 0.609. The molecule has 0 aromatic heterocycles. The monoisotopic (exact) mass is 250 g/mol. The van der Waals surface area contributed by atoms with Gasteiger partial charge in [-0.15, -0.1) is 0 Å². The van der Waals surface area contributed by atoms with Gasteiger partial charge in [0.1, 0.15) is 0 Å². The molecule has 5 nitrogen and oxygen atoms in total. The molecule has 96 valence electrons. The van der Waals surface area contributed by atoms with Crippen LogP contribution in [0.4, 0.5) is 0 Å². The van der Waals surface area contributed by atoms with Crippen LogP contribution in [0.3, 0.4) is 0 Å². The van der Waals surface area contributed by atoms with E-state index in [1.54, 1.807) is 13.4 Å². The van der Waals surface area contributed by atoms with E-state index >= 15 is 0 Å². The Hall–Kier alpha value is -0.460. The van der Waals surface area contributed by atoms with Gasteiger partial charge in [0.05, 0.1) is 13.2 Å². The van der Waals surface area contributed by atoms with Crippen LogP contribution in [0.5, 0.6) is 0 Å². The maximum atomic E-state index is 11.4. The molecule has 0 aromatic rings. The molecule has 0 bridgehead atoms. The highest BCUT2D eigenvalue weighted by Crippen LogP contribution is 1.86. The van der Waals surface area contributed by atoms with Gasteiger partial charge in [0.2, 0.25) is 5.91 Å². The zero-order valence-electron chi connectivity index (χ0n) is 10.4. The summed E-state index contributed by atoms with van der Waals surface area (Å²) in [4.78, 5) is 11.4. The van der Waals surface area contributed by atoms with Gasteiger partial charge in [-0.1, -0.05) is 0 Å². The van der Waals surface area contributed by atoms with Crippen LogP contribution in [0.15, 0.2) is 0 Å². The Kier molecular flexibility index (Phi) is 8.42. The molecular weight excluding hydrogens is 228 g/mol. The lowest BCUT2D eigenvalue weighted by Gasteiger charge is -2.15. The van der Waals surface area contributed by atoms with E-state index < -0.39 is 10.8 Å². The summed E-state index contributed by atoms with van der Waals surface area (Å²) in [6.07, 6.45) is 1.65. The van der Waals surface area contributed by atoms with Crippen molar-refractivity contribution in [3.63, 3.8) is 0 Å². The van der Waals surface area contributed by atoms with Crippen LogP contribution in [-0.4, -0.2) is 54.5 Å². The van der Waals surface area contributed by atoms with Crippen molar-refractivity contribution in [2.75, 3.05) is 32.3 Å². The van der Waals surface area contributed by atoms with Crippen LogP contribution < -0.4 is 10.6 Å². The molecule has 0 fully saturated rings. The standard InChI is InChI=1S/C10H22N2O3S/c1-8(6-15-3)12-10(13)5-11-9(2)7-16(4)14/h8-9,11H,5-7H2,1-4H3,(H,12,13). The van der Waals surface area contributed by atoms with Crippen molar-refractivity contribution >= 4 is 16.7 Å². The topological polar surface area (TPSA) is 67.4 Å². The number of ether oxygens (including phenoxy) is 1. The van der Waals surface area contributed by atoms with E-state index in [-0.39, 0.29) is 24.5 Å². The van der Waals surface area contributed by atoms with E-state index in [0.717, 1.165) is 0 Å². The molecule has 0 aromatic carbocycles. The smallest absolute Gasteiger partial charge is 0.234 e. The van der Waals surface area contributed by atoms with Crippen LogP contribution in [0.25, 0.3) is 0 Å². The van der Waals surface area contributed by atoms with E-state index in [0.29, 0.717) is 12.4 Å². The molecule has 1 amide bonds. The normalized spacial score (nSPS) is 16.5. The highest BCUT2D eigenvalue weighted by Gasteiger charge is 2.09. The molecule has 16 heavy (non-hydrogen) atoms. The number of amides is 1. The summed E-state index contributed by atoms with van der Waals surface area (Å²) in [6.45, 7) is 4.53. The zero-order valence-corrected chi connectivity index (χ0v) is 11.2. The van der Waals surface area contributed by atoms with Crippen LogP contribution >= 0.6 is 0 Å². The van der Waals surface area contributed by atoms with E-state index in [4.69, 9.17) is 4.74 Å². The Morgan fingerprint density at radius 1 is 1.38 bits per heavy atom. The molecule has 0 radical (unpaired) electrons. The minimum Gasteiger partial charge on any atom is -0.383 e. The van der Waals surface area contributed by atoms with Crippen LogP contribution in [0.2, 0.25) is 0 Å². The molecule has 0 rings (SSSR count). The lowest BCUT2D eigenvalue weighted by Crippen LogP contribution is -2.44. The minimum atomic E-state index is -0.838. The summed E-state index contributed by atoms with van der Waals surface area (Å²) in [7, 11) is 0.758. The second-order valence-electron chi connectivity index (χ2n) is 3.95. The highest BCUT2D eigenvalue weighted by atomic mass is 32.2. The number of rotatable bonds is 8. The lowest BCUT2D eigenvalue weighted by molar-refractivity contribution is -0.121. The van der Waals surface area contributed by atoms with Crippen molar-refractivity contribution in [3.8, 4) is 0 Å². The number of hydrogen-bond donors (Lipinski definition) is 2. The number of hydrogen-bond acceptors (Lipinski definition) is 4. The predicted octanol–water partition coefficient (Wildman–Crippen LogP) is -0.506.